The Bertz CT molecular complexity index is 1130. The number of benzene rings is 2. The molecular weight excluding hydrogens is 418 g/mol. The van der Waals surface area contributed by atoms with Crippen LogP contribution in [0.5, 0.6) is 0 Å². The van der Waals surface area contributed by atoms with Crippen LogP contribution in [0.3, 0.4) is 0 Å². The molecule has 0 aliphatic carbocycles. The number of hydrazine groups is 1. The van der Waals surface area contributed by atoms with E-state index < -0.39 is 23.4 Å². The van der Waals surface area contributed by atoms with Crippen LogP contribution >= 0.6 is 11.8 Å². The third kappa shape index (κ3) is 3.99. The topological polar surface area (TPSA) is 122 Å². The fourth-order valence-corrected chi connectivity index (χ4v) is 3.79. The van der Waals surface area contributed by atoms with Gasteiger partial charge in [0.1, 0.15) is 5.54 Å². The molecule has 1 aliphatic heterocycles. The number of carbonyl (C=O) groups excluding carboxylic acids is 3. The van der Waals surface area contributed by atoms with Crippen LogP contribution in [0.15, 0.2) is 59.8 Å². The Balaban J connectivity index is 1.41. The maximum atomic E-state index is 12.9. The number of hydrogen-bond acceptors (Lipinski definition) is 7. The molecule has 10 nitrogen and oxygen atoms in total. The van der Waals surface area contributed by atoms with Gasteiger partial charge in [-0.1, -0.05) is 59.8 Å². The van der Waals surface area contributed by atoms with Gasteiger partial charge in [0, 0.05) is 0 Å². The lowest BCUT2D eigenvalue weighted by molar-refractivity contribution is -0.138. The Morgan fingerprint density at radius 3 is 2.55 bits per heavy atom. The van der Waals surface area contributed by atoms with Crippen molar-refractivity contribution in [3.05, 3.63) is 65.7 Å². The molecule has 2 aromatic carbocycles. The highest BCUT2D eigenvalue weighted by Gasteiger charge is 2.49. The molecule has 0 radical (unpaired) electrons. The van der Waals surface area contributed by atoms with Gasteiger partial charge in [0.05, 0.1) is 11.4 Å². The summed E-state index contributed by atoms with van der Waals surface area (Å²) in [6, 6.07) is 15.7. The van der Waals surface area contributed by atoms with Gasteiger partial charge in [0.2, 0.25) is 11.1 Å². The summed E-state index contributed by atoms with van der Waals surface area (Å²) in [7, 11) is 0. The first-order valence-electron chi connectivity index (χ1n) is 9.38. The van der Waals surface area contributed by atoms with Crippen molar-refractivity contribution in [1.29, 1.82) is 0 Å². The van der Waals surface area contributed by atoms with Crippen molar-refractivity contribution in [2.24, 2.45) is 0 Å². The standard InChI is InChI=1S/C20H19N7O3S/c1-13-8-10-15(11-9-13)26-19(22-24-25-26)31-12-16(28)23-27-17(29)20(2,21-18(27)30)14-6-4-3-5-7-14/h3-11H,12H2,1-2H3,(H,21,30)(H,23,28)/t20-/m1/s1. The number of aryl methyl sites for hydroxylation is 1. The van der Waals surface area contributed by atoms with Crippen LogP contribution in [-0.2, 0) is 15.1 Å². The van der Waals surface area contributed by atoms with Gasteiger partial charge in [-0.25, -0.2) is 4.79 Å². The van der Waals surface area contributed by atoms with Crippen molar-refractivity contribution < 1.29 is 14.4 Å². The van der Waals surface area contributed by atoms with Crippen LogP contribution in [-0.4, -0.2) is 48.8 Å². The molecule has 11 heteroatoms. The molecule has 31 heavy (non-hydrogen) atoms. The number of nitrogens with zero attached hydrogens (tertiary/aromatic N) is 5. The number of amides is 4. The van der Waals surface area contributed by atoms with E-state index in [0.717, 1.165) is 23.0 Å². The quantitative estimate of drug-likeness (QED) is 0.443. The summed E-state index contributed by atoms with van der Waals surface area (Å²) in [4.78, 5) is 37.6. The van der Waals surface area contributed by atoms with Crippen molar-refractivity contribution in [1.82, 2.24) is 36.0 Å². The lowest BCUT2D eigenvalue weighted by Gasteiger charge is -2.22. The Morgan fingerprint density at radius 2 is 1.84 bits per heavy atom. The highest BCUT2D eigenvalue weighted by molar-refractivity contribution is 7.99. The maximum Gasteiger partial charge on any atom is 0.344 e. The van der Waals surface area contributed by atoms with E-state index in [0.29, 0.717) is 15.7 Å². The summed E-state index contributed by atoms with van der Waals surface area (Å²) in [5.41, 5.74) is 3.59. The SMILES string of the molecule is Cc1ccc(-n2nnnc2SCC(=O)NN2C(=O)N[C@](C)(c3ccccc3)C2=O)cc1. The van der Waals surface area contributed by atoms with Gasteiger partial charge in [0.15, 0.2) is 0 Å². The summed E-state index contributed by atoms with van der Waals surface area (Å²) in [5.74, 6) is -1.19. The molecule has 2 N–H and O–H groups in total. The second-order valence-electron chi connectivity index (χ2n) is 7.09. The summed E-state index contributed by atoms with van der Waals surface area (Å²) < 4.78 is 1.51. The smallest absolute Gasteiger partial charge is 0.318 e. The maximum absolute atomic E-state index is 12.9. The van der Waals surface area contributed by atoms with E-state index in [1.165, 1.54) is 4.68 Å². The number of imide groups is 1. The van der Waals surface area contributed by atoms with Crippen LogP contribution in [0.2, 0.25) is 0 Å². The van der Waals surface area contributed by atoms with Gasteiger partial charge in [-0.3, -0.25) is 15.0 Å². The predicted molar refractivity (Wildman–Crippen MR) is 112 cm³/mol. The Labute approximate surface area is 182 Å². The highest BCUT2D eigenvalue weighted by atomic mass is 32.2. The van der Waals surface area contributed by atoms with E-state index in [2.05, 4.69) is 26.3 Å². The van der Waals surface area contributed by atoms with E-state index in [1.54, 1.807) is 31.2 Å². The normalized spacial score (nSPS) is 18.2. The number of thioether (sulfide) groups is 1. The van der Waals surface area contributed by atoms with Gasteiger partial charge in [0.25, 0.3) is 5.91 Å². The molecule has 0 unspecified atom stereocenters. The number of carbonyl (C=O) groups is 3. The molecule has 158 valence electrons. The second kappa shape index (κ2) is 8.19. The van der Waals surface area contributed by atoms with Crippen LogP contribution in [0.4, 0.5) is 4.79 Å². The van der Waals surface area contributed by atoms with E-state index in [9.17, 15) is 14.4 Å². The number of urea groups is 1. The highest BCUT2D eigenvalue weighted by Crippen LogP contribution is 2.27. The van der Waals surface area contributed by atoms with Gasteiger partial charge in [-0.15, -0.1) is 5.10 Å². The number of hydrogen-bond donors (Lipinski definition) is 2. The number of rotatable bonds is 6. The van der Waals surface area contributed by atoms with Crippen LogP contribution in [0.25, 0.3) is 5.69 Å². The van der Waals surface area contributed by atoms with E-state index in [4.69, 9.17) is 0 Å². The molecule has 0 bridgehead atoms. The molecule has 1 aliphatic rings. The summed E-state index contributed by atoms with van der Waals surface area (Å²) in [6.07, 6.45) is 0. The summed E-state index contributed by atoms with van der Waals surface area (Å²) in [5, 5.41) is 15.3. The molecule has 2 heterocycles. The first kappa shape index (κ1) is 20.5. The molecule has 1 saturated heterocycles. The van der Waals surface area contributed by atoms with Crippen molar-refractivity contribution in [2.45, 2.75) is 24.5 Å². The van der Waals surface area contributed by atoms with Crippen molar-refractivity contribution in [2.75, 3.05) is 5.75 Å². The van der Waals surface area contributed by atoms with Gasteiger partial charge in [-0.2, -0.15) is 9.69 Å². The summed E-state index contributed by atoms with van der Waals surface area (Å²) in [6.45, 7) is 3.57. The van der Waals surface area contributed by atoms with E-state index in [1.807, 2.05) is 37.3 Å². The number of aromatic nitrogens is 4. The first-order chi connectivity index (χ1) is 14.9. The Hall–Kier alpha value is -3.73. The zero-order chi connectivity index (χ0) is 22.0. The average molecular weight is 437 g/mol. The van der Waals surface area contributed by atoms with Gasteiger partial charge < -0.3 is 5.32 Å². The zero-order valence-corrected chi connectivity index (χ0v) is 17.6. The fourth-order valence-electron chi connectivity index (χ4n) is 3.11. The number of tetrazole rings is 1. The molecular formula is C20H19N7O3S. The monoisotopic (exact) mass is 437 g/mol. The molecule has 0 spiro atoms. The van der Waals surface area contributed by atoms with Crippen molar-refractivity contribution in [3.63, 3.8) is 0 Å². The summed E-state index contributed by atoms with van der Waals surface area (Å²) >= 11 is 1.09. The van der Waals surface area contributed by atoms with Crippen molar-refractivity contribution >= 4 is 29.6 Å². The Kier molecular flexibility index (Phi) is 5.42. The zero-order valence-electron chi connectivity index (χ0n) is 16.8. The molecule has 1 atom stereocenters. The molecule has 4 rings (SSSR count). The van der Waals surface area contributed by atoms with Crippen LogP contribution < -0.4 is 10.7 Å². The third-order valence-corrected chi connectivity index (χ3v) is 5.75. The lowest BCUT2D eigenvalue weighted by Crippen LogP contribution is -2.48. The first-order valence-corrected chi connectivity index (χ1v) is 10.4. The molecule has 1 aromatic heterocycles. The molecule has 3 aromatic rings. The average Bonchev–Trinajstić information content (AvgIpc) is 3.32. The van der Waals surface area contributed by atoms with Gasteiger partial charge >= 0.3 is 6.03 Å². The minimum atomic E-state index is -1.26. The van der Waals surface area contributed by atoms with Crippen molar-refractivity contribution in [3.8, 4) is 5.69 Å². The fraction of sp³-hybridized carbons (Fsp3) is 0.200. The van der Waals surface area contributed by atoms with Gasteiger partial charge in [-0.05, 0) is 42.0 Å². The Morgan fingerprint density at radius 1 is 1.13 bits per heavy atom. The van der Waals surface area contributed by atoms with E-state index >= 15 is 0 Å². The second-order valence-corrected chi connectivity index (χ2v) is 8.04. The minimum absolute atomic E-state index is 0.0919. The third-order valence-electron chi connectivity index (χ3n) is 4.83. The predicted octanol–water partition coefficient (Wildman–Crippen LogP) is 1.56. The van der Waals surface area contributed by atoms with Crippen LogP contribution in [0, 0.1) is 6.92 Å². The molecule has 0 saturated carbocycles. The molecule has 4 amide bonds. The largest absolute Gasteiger partial charge is 0.344 e. The van der Waals surface area contributed by atoms with E-state index in [-0.39, 0.29) is 5.75 Å². The molecule has 1 fully saturated rings. The minimum Gasteiger partial charge on any atom is -0.318 e. The number of nitrogens with one attached hydrogen (secondary N) is 2. The lowest BCUT2D eigenvalue weighted by atomic mass is 9.92. The van der Waals surface area contributed by atoms with Crippen LogP contribution in [0.1, 0.15) is 18.1 Å².